The second kappa shape index (κ2) is 10.9. The lowest BCUT2D eigenvalue weighted by Gasteiger charge is -2.24. The van der Waals surface area contributed by atoms with Crippen LogP contribution in [0.25, 0.3) is 0 Å². The Bertz CT molecular complexity index is 562. The third-order valence-electron chi connectivity index (χ3n) is 3.45. The van der Waals surface area contributed by atoms with Gasteiger partial charge in [0, 0.05) is 18.4 Å². The first-order valence-corrected chi connectivity index (χ1v) is 7.68. The first-order chi connectivity index (χ1) is 11.9. The molecule has 0 unspecified atom stereocenters. The number of hydrogen-bond donors (Lipinski definition) is 5. The van der Waals surface area contributed by atoms with Crippen LogP contribution in [0.2, 0.25) is 0 Å². The Morgan fingerprint density at radius 2 is 1.31 bits per heavy atom. The Labute approximate surface area is 149 Å². The smallest absolute Gasteiger partial charge is 0.345 e. The number of esters is 2. The van der Waals surface area contributed by atoms with Crippen molar-refractivity contribution in [3.8, 4) is 0 Å². The third kappa shape index (κ3) is 7.50. The van der Waals surface area contributed by atoms with E-state index in [0.29, 0.717) is 0 Å². The van der Waals surface area contributed by atoms with Crippen LogP contribution in [0.3, 0.4) is 0 Å². The highest BCUT2D eigenvalue weighted by Gasteiger charge is 2.36. The lowest BCUT2D eigenvalue weighted by molar-refractivity contribution is -0.175. The van der Waals surface area contributed by atoms with E-state index in [9.17, 15) is 39.6 Å². The molecule has 0 aromatic rings. The number of ether oxygens (including phenoxy) is 1. The van der Waals surface area contributed by atoms with Gasteiger partial charge >= 0.3 is 11.9 Å². The highest BCUT2D eigenvalue weighted by Crippen LogP contribution is 2.16. The van der Waals surface area contributed by atoms with Gasteiger partial charge in [-0.1, -0.05) is 0 Å². The number of carbonyl (C=O) groups is 4. The van der Waals surface area contributed by atoms with Crippen molar-refractivity contribution in [1.29, 1.82) is 0 Å². The van der Waals surface area contributed by atoms with E-state index in [4.69, 9.17) is 5.11 Å². The van der Waals surface area contributed by atoms with Gasteiger partial charge in [0.15, 0.2) is 6.10 Å². The van der Waals surface area contributed by atoms with E-state index in [-0.39, 0.29) is 35.6 Å². The lowest BCUT2D eigenvalue weighted by atomic mass is 9.99. The molecular formula is C16H24O10. The second-order valence-electron chi connectivity index (χ2n) is 5.87. The Hall–Kier alpha value is -1.98. The summed E-state index contributed by atoms with van der Waals surface area (Å²) in [6, 6.07) is 0. The molecule has 0 bridgehead atoms. The van der Waals surface area contributed by atoms with Crippen molar-refractivity contribution < 1.29 is 49.4 Å². The second-order valence-corrected chi connectivity index (χ2v) is 5.87. The van der Waals surface area contributed by atoms with Crippen molar-refractivity contribution in [2.24, 2.45) is 0 Å². The summed E-state index contributed by atoms with van der Waals surface area (Å²) in [6.45, 7) is 2.78. The molecule has 0 spiro atoms. The molecular weight excluding hydrogens is 352 g/mol. The Balaban J connectivity index is 5.20. The molecule has 0 saturated carbocycles. The number of rotatable bonds is 10. The van der Waals surface area contributed by atoms with Gasteiger partial charge < -0.3 is 30.3 Å². The average molecular weight is 376 g/mol. The van der Waals surface area contributed by atoms with Gasteiger partial charge in [-0.3, -0.25) is 9.59 Å². The van der Waals surface area contributed by atoms with Gasteiger partial charge in [0.2, 0.25) is 0 Å². The summed E-state index contributed by atoms with van der Waals surface area (Å²) < 4.78 is 4.38. The molecule has 26 heavy (non-hydrogen) atoms. The molecule has 0 aromatic heterocycles. The summed E-state index contributed by atoms with van der Waals surface area (Å²) in [6.07, 6.45) is -8.92. The van der Waals surface area contributed by atoms with E-state index in [2.05, 4.69) is 4.74 Å². The quantitative estimate of drug-likeness (QED) is 0.159. The largest absolute Gasteiger partial charge is 0.394 e. The number of allylic oxidation sites excluding steroid dienone is 1. The summed E-state index contributed by atoms with van der Waals surface area (Å²) in [5, 5.41) is 46.5. The SMILES string of the molecule is CC(=O)CC(CC(C)=O)=C(C)C(=O)OC(=O)[C@H](O)[C@@H](O)[C@H](O)[C@H](O)CO. The average Bonchev–Trinajstić information content (AvgIpc) is 2.56. The van der Waals surface area contributed by atoms with Crippen LogP contribution in [-0.4, -0.2) is 80.1 Å². The van der Waals surface area contributed by atoms with Crippen molar-refractivity contribution >= 4 is 23.5 Å². The van der Waals surface area contributed by atoms with E-state index in [0.717, 1.165) is 0 Å². The highest BCUT2D eigenvalue weighted by molar-refractivity contribution is 5.99. The number of aliphatic hydroxyl groups is 5. The van der Waals surface area contributed by atoms with Crippen LogP contribution >= 0.6 is 0 Å². The van der Waals surface area contributed by atoms with Gasteiger partial charge in [-0.25, -0.2) is 9.59 Å². The Morgan fingerprint density at radius 3 is 1.69 bits per heavy atom. The van der Waals surface area contributed by atoms with Gasteiger partial charge in [-0.2, -0.15) is 0 Å². The molecule has 0 aromatic carbocycles. The molecule has 0 aliphatic carbocycles. The van der Waals surface area contributed by atoms with E-state index in [1.807, 2.05) is 0 Å². The first kappa shape index (κ1) is 24.0. The summed E-state index contributed by atoms with van der Waals surface area (Å²) >= 11 is 0. The van der Waals surface area contributed by atoms with Gasteiger partial charge in [-0.15, -0.1) is 0 Å². The van der Waals surface area contributed by atoms with Crippen LogP contribution in [0.5, 0.6) is 0 Å². The van der Waals surface area contributed by atoms with E-state index >= 15 is 0 Å². The van der Waals surface area contributed by atoms with Crippen LogP contribution in [0.15, 0.2) is 11.1 Å². The molecule has 0 rings (SSSR count). The predicted octanol–water partition coefficient (Wildman–Crippen LogP) is -2.23. The fourth-order valence-electron chi connectivity index (χ4n) is 1.96. The predicted molar refractivity (Wildman–Crippen MR) is 85.5 cm³/mol. The number of hydrogen-bond acceptors (Lipinski definition) is 10. The van der Waals surface area contributed by atoms with Crippen molar-refractivity contribution in [1.82, 2.24) is 0 Å². The van der Waals surface area contributed by atoms with E-state index in [1.165, 1.54) is 20.8 Å². The van der Waals surface area contributed by atoms with Crippen LogP contribution in [0.1, 0.15) is 33.6 Å². The van der Waals surface area contributed by atoms with Crippen molar-refractivity contribution in [2.45, 2.75) is 58.0 Å². The maximum absolute atomic E-state index is 12.0. The summed E-state index contributed by atoms with van der Waals surface area (Å²) in [7, 11) is 0. The maximum atomic E-state index is 12.0. The van der Waals surface area contributed by atoms with Crippen LogP contribution in [-0.2, 0) is 23.9 Å². The number of aliphatic hydroxyl groups excluding tert-OH is 5. The topological polar surface area (TPSA) is 179 Å². The maximum Gasteiger partial charge on any atom is 0.345 e. The molecule has 0 heterocycles. The molecule has 148 valence electrons. The van der Waals surface area contributed by atoms with Crippen molar-refractivity contribution in [2.75, 3.05) is 6.61 Å². The van der Waals surface area contributed by atoms with Crippen LogP contribution in [0.4, 0.5) is 0 Å². The van der Waals surface area contributed by atoms with Crippen LogP contribution in [0, 0.1) is 0 Å². The standard InChI is InChI=1S/C16H24O10/c1-7(18)4-10(5-8(2)19)9(3)15(24)26-16(25)14(23)13(22)12(21)11(20)6-17/h11-14,17,20-23H,4-6H2,1-3H3/t11-,12-,13+,14-/m1/s1. The van der Waals surface area contributed by atoms with Gasteiger partial charge in [0.25, 0.3) is 0 Å². The summed E-state index contributed by atoms with van der Waals surface area (Å²) in [5.74, 6) is -3.50. The fourth-order valence-corrected chi connectivity index (χ4v) is 1.96. The molecule has 4 atom stereocenters. The number of ketones is 2. The zero-order valence-electron chi connectivity index (χ0n) is 14.7. The molecule has 5 N–H and O–H groups in total. The Morgan fingerprint density at radius 1 is 0.846 bits per heavy atom. The van der Waals surface area contributed by atoms with Gasteiger partial charge in [0.05, 0.1) is 6.61 Å². The van der Waals surface area contributed by atoms with Gasteiger partial charge in [-0.05, 0) is 26.3 Å². The minimum absolute atomic E-state index is 0.147. The zero-order valence-corrected chi connectivity index (χ0v) is 14.7. The zero-order chi connectivity index (χ0) is 20.6. The Kier molecular flexibility index (Phi) is 10.1. The molecule has 0 saturated heterocycles. The molecule has 0 aliphatic rings. The monoisotopic (exact) mass is 376 g/mol. The highest BCUT2D eigenvalue weighted by atomic mass is 16.6. The molecule has 10 nitrogen and oxygen atoms in total. The minimum atomic E-state index is -2.38. The molecule has 0 amide bonds. The molecule has 0 fully saturated rings. The van der Waals surface area contributed by atoms with Crippen molar-refractivity contribution in [3.63, 3.8) is 0 Å². The number of carbonyl (C=O) groups excluding carboxylic acids is 4. The van der Waals surface area contributed by atoms with Gasteiger partial charge in [0.1, 0.15) is 29.9 Å². The molecule has 10 heteroatoms. The summed E-state index contributed by atoms with van der Waals surface area (Å²) in [5.41, 5.74) is -0.0324. The fraction of sp³-hybridized carbons (Fsp3) is 0.625. The van der Waals surface area contributed by atoms with Crippen LogP contribution < -0.4 is 0 Å². The normalized spacial score (nSPS) is 15.4. The first-order valence-electron chi connectivity index (χ1n) is 7.68. The van der Waals surface area contributed by atoms with E-state index in [1.54, 1.807) is 0 Å². The third-order valence-corrected chi connectivity index (χ3v) is 3.45. The molecule has 0 radical (unpaired) electrons. The summed E-state index contributed by atoms with van der Waals surface area (Å²) in [4.78, 5) is 46.2. The molecule has 0 aliphatic heterocycles. The minimum Gasteiger partial charge on any atom is -0.394 e. The van der Waals surface area contributed by atoms with Crippen molar-refractivity contribution in [3.05, 3.63) is 11.1 Å². The number of Topliss-reactive ketones (excluding diaryl/α,β-unsaturated/α-hetero) is 2. The lowest BCUT2D eigenvalue weighted by Crippen LogP contribution is -2.49. The van der Waals surface area contributed by atoms with E-state index < -0.39 is 43.0 Å².